The van der Waals surface area contributed by atoms with Crippen LogP contribution in [0.3, 0.4) is 0 Å². The fourth-order valence-electron chi connectivity index (χ4n) is 3.57. The zero-order chi connectivity index (χ0) is 21.2. The van der Waals surface area contributed by atoms with Crippen LogP contribution in [0.2, 0.25) is 0 Å². The average Bonchev–Trinajstić information content (AvgIpc) is 2.71. The second-order valence-electron chi connectivity index (χ2n) is 8.06. The summed E-state index contributed by atoms with van der Waals surface area (Å²) in [6.07, 6.45) is 21.2. The molecule has 166 valence electrons. The third-order valence-electron chi connectivity index (χ3n) is 5.41. The number of hydrogen-bond acceptors (Lipinski definition) is 4. The van der Waals surface area contributed by atoms with Gasteiger partial charge in [-0.25, -0.2) is 0 Å². The number of nitro benzene ring substituents is 1. The van der Waals surface area contributed by atoms with Crippen molar-refractivity contribution < 1.29 is 14.8 Å². The van der Waals surface area contributed by atoms with Crippen molar-refractivity contribution in [2.75, 3.05) is 6.61 Å². The highest BCUT2D eigenvalue weighted by molar-refractivity contribution is 5.47. The lowest BCUT2D eigenvalue weighted by molar-refractivity contribution is -0.385. The van der Waals surface area contributed by atoms with Crippen LogP contribution in [0.15, 0.2) is 18.2 Å². The number of rotatable bonds is 19. The number of hydrogen-bond donors (Lipinski definition) is 1. The molecule has 0 unspecified atom stereocenters. The van der Waals surface area contributed by atoms with Crippen molar-refractivity contribution in [3.63, 3.8) is 0 Å². The summed E-state index contributed by atoms with van der Waals surface area (Å²) in [5, 5.41) is 20.4. The van der Waals surface area contributed by atoms with Crippen LogP contribution >= 0.6 is 0 Å². The van der Waals surface area contributed by atoms with Crippen LogP contribution in [0, 0.1) is 10.1 Å². The van der Waals surface area contributed by atoms with Gasteiger partial charge in [-0.1, -0.05) is 103 Å². The number of nitrogens with zero attached hydrogens (tertiary/aromatic N) is 1. The molecule has 5 heteroatoms. The molecule has 0 saturated heterocycles. The summed E-state index contributed by atoms with van der Waals surface area (Å²) in [6, 6.07) is 3.94. The summed E-state index contributed by atoms with van der Waals surface area (Å²) < 4.78 is 5.52. The summed E-state index contributed by atoms with van der Waals surface area (Å²) in [5.74, 6) is 0.146. The monoisotopic (exact) mass is 407 g/mol. The number of aromatic hydroxyl groups is 1. The summed E-state index contributed by atoms with van der Waals surface area (Å²) >= 11 is 0. The van der Waals surface area contributed by atoms with E-state index >= 15 is 0 Å². The van der Waals surface area contributed by atoms with Crippen LogP contribution in [0.1, 0.15) is 110 Å². The van der Waals surface area contributed by atoms with E-state index in [0.717, 1.165) is 18.9 Å². The van der Waals surface area contributed by atoms with Crippen LogP contribution in [0.5, 0.6) is 11.5 Å². The fourth-order valence-corrected chi connectivity index (χ4v) is 3.57. The quantitative estimate of drug-likeness (QED) is 0.143. The lowest BCUT2D eigenvalue weighted by Crippen LogP contribution is -1.98. The molecular weight excluding hydrogens is 366 g/mol. The van der Waals surface area contributed by atoms with E-state index in [2.05, 4.69) is 6.92 Å². The topological polar surface area (TPSA) is 72.6 Å². The largest absolute Gasteiger partial charge is 0.504 e. The normalized spacial score (nSPS) is 10.9. The first-order valence-electron chi connectivity index (χ1n) is 11.8. The first-order valence-corrected chi connectivity index (χ1v) is 11.8. The molecule has 1 aromatic rings. The van der Waals surface area contributed by atoms with E-state index < -0.39 is 4.92 Å². The van der Waals surface area contributed by atoms with Crippen molar-refractivity contribution in [2.24, 2.45) is 0 Å². The van der Waals surface area contributed by atoms with Gasteiger partial charge in [-0.15, -0.1) is 0 Å². The first kappa shape index (κ1) is 25.3. The molecule has 1 aromatic carbocycles. The lowest BCUT2D eigenvalue weighted by atomic mass is 10.0. The maximum absolute atomic E-state index is 10.6. The summed E-state index contributed by atoms with van der Waals surface area (Å²) in [5.41, 5.74) is -0.128. The zero-order valence-corrected chi connectivity index (χ0v) is 18.4. The molecule has 0 fully saturated rings. The molecule has 0 aliphatic heterocycles. The van der Waals surface area contributed by atoms with Gasteiger partial charge in [0.1, 0.15) is 0 Å². The van der Waals surface area contributed by atoms with Gasteiger partial charge in [-0.3, -0.25) is 10.1 Å². The maximum atomic E-state index is 10.6. The van der Waals surface area contributed by atoms with E-state index in [4.69, 9.17) is 4.74 Å². The number of benzene rings is 1. The van der Waals surface area contributed by atoms with Gasteiger partial charge in [0.05, 0.1) is 17.6 Å². The minimum atomic E-state index is -0.529. The van der Waals surface area contributed by atoms with Crippen molar-refractivity contribution >= 4 is 5.69 Å². The Morgan fingerprint density at radius 3 is 1.66 bits per heavy atom. The van der Waals surface area contributed by atoms with Crippen molar-refractivity contribution in [2.45, 2.75) is 110 Å². The maximum Gasteiger partial charge on any atom is 0.273 e. The molecule has 0 aliphatic carbocycles. The van der Waals surface area contributed by atoms with Gasteiger partial charge in [-0.05, 0) is 12.5 Å². The van der Waals surface area contributed by atoms with Gasteiger partial charge in [-0.2, -0.15) is 0 Å². The number of non-ortho nitro benzene ring substituents is 1. The zero-order valence-electron chi connectivity index (χ0n) is 18.4. The number of phenols is 1. The molecule has 1 rings (SSSR count). The molecule has 0 atom stereocenters. The van der Waals surface area contributed by atoms with Gasteiger partial charge in [0, 0.05) is 6.07 Å². The van der Waals surface area contributed by atoms with E-state index in [0.29, 0.717) is 12.4 Å². The highest BCUT2D eigenvalue weighted by Gasteiger charge is 2.10. The van der Waals surface area contributed by atoms with Crippen molar-refractivity contribution in [3.05, 3.63) is 28.3 Å². The molecule has 0 aromatic heterocycles. The Labute approximate surface area is 177 Å². The number of ether oxygens (including phenoxy) is 1. The minimum Gasteiger partial charge on any atom is -0.504 e. The minimum absolute atomic E-state index is 0.128. The second-order valence-corrected chi connectivity index (χ2v) is 8.06. The highest BCUT2D eigenvalue weighted by Crippen LogP contribution is 2.30. The molecule has 29 heavy (non-hydrogen) atoms. The number of unbranched alkanes of at least 4 members (excludes halogenated alkanes) is 15. The lowest BCUT2D eigenvalue weighted by Gasteiger charge is -2.08. The Balaban J connectivity index is 1.85. The SMILES string of the molecule is CCCCCCCCCCCCCCCCCCOc1ccc([N+](=O)[O-])cc1O. The van der Waals surface area contributed by atoms with E-state index in [1.807, 2.05) is 0 Å². The Bertz CT molecular complexity index is 548. The Morgan fingerprint density at radius 2 is 1.24 bits per heavy atom. The van der Waals surface area contributed by atoms with Gasteiger partial charge in [0.2, 0.25) is 0 Å². The molecule has 0 saturated carbocycles. The molecule has 0 amide bonds. The molecule has 5 nitrogen and oxygen atoms in total. The molecule has 0 spiro atoms. The first-order chi connectivity index (χ1) is 14.1. The van der Waals surface area contributed by atoms with Gasteiger partial charge >= 0.3 is 0 Å². The number of nitro groups is 1. The summed E-state index contributed by atoms with van der Waals surface area (Å²) in [6.45, 7) is 2.80. The van der Waals surface area contributed by atoms with Crippen molar-refractivity contribution in [1.82, 2.24) is 0 Å². The van der Waals surface area contributed by atoms with Crippen molar-refractivity contribution in [1.29, 1.82) is 0 Å². The van der Waals surface area contributed by atoms with E-state index in [1.165, 1.54) is 102 Å². The molecule has 0 bridgehead atoms. The molecule has 0 radical (unpaired) electrons. The third-order valence-corrected chi connectivity index (χ3v) is 5.41. The second kappa shape index (κ2) is 17.1. The molecule has 0 heterocycles. The molecule has 1 N–H and O–H groups in total. The number of phenolic OH excluding ortho intramolecular Hbond substituents is 1. The predicted octanol–water partition coefficient (Wildman–Crippen LogP) is 7.94. The van der Waals surface area contributed by atoms with Crippen LogP contribution in [-0.2, 0) is 0 Å². The van der Waals surface area contributed by atoms with Crippen LogP contribution < -0.4 is 4.74 Å². The average molecular weight is 408 g/mol. The van der Waals surface area contributed by atoms with Gasteiger partial charge < -0.3 is 9.84 Å². The van der Waals surface area contributed by atoms with E-state index in [9.17, 15) is 15.2 Å². The summed E-state index contributed by atoms with van der Waals surface area (Å²) in [4.78, 5) is 10.1. The standard InChI is InChI=1S/C24H41NO4/c1-2-3-4-5-6-7-8-9-10-11-12-13-14-15-16-17-20-29-24-19-18-22(25(27)28)21-23(24)26/h18-19,21,26H,2-17,20H2,1H3. The highest BCUT2D eigenvalue weighted by atomic mass is 16.6. The summed E-state index contributed by atoms with van der Waals surface area (Å²) in [7, 11) is 0. The van der Waals surface area contributed by atoms with Gasteiger partial charge in [0.15, 0.2) is 11.5 Å². The third kappa shape index (κ3) is 13.1. The predicted molar refractivity (Wildman–Crippen MR) is 120 cm³/mol. The van der Waals surface area contributed by atoms with E-state index in [1.54, 1.807) is 0 Å². The fraction of sp³-hybridized carbons (Fsp3) is 0.750. The van der Waals surface area contributed by atoms with E-state index in [-0.39, 0.29) is 11.4 Å². The van der Waals surface area contributed by atoms with Crippen LogP contribution in [0.25, 0.3) is 0 Å². The van der Waals surface area contributed by atoms with Gasteiger partial charge in [0.25, 0.3) is 5.69 Å². The Morgan fingerprint density at radius 1 is 0.793 bits per heavy atom. The van der Waals surface area contributed by atoms with Crippen molar-refractivity contribution in [3.8, 4) is 11.5 Å². The Kier molecular flexibility index (Phi) is 14.9. The molecular formula is C24H41NO4. The van der Waals surface area contributed by atoms with Crippen LogP contribution in [0.4, 0.5) is 5.69 Å². The Hall–Kier alpha value is -1.78. The smallest absolute Gasteiger partial charge is 0.273 e. The van der Waals surface area contributed by atoms with Crippen LogP contribution in [-0.4, -0.2) is 16.6 Å². The molecule has 0 aliphatic rings.